The van der Waals surface area contributed by atoms with Crippen LogP contribution in [0.5, 0.6) is 0 Å². The summed E-state index contributed by atoms with van der Waals surface area (Å²) >= 11 is 1.80. The normalized spacial score (nSPS) is 24.3. The van der Waals surface area contributed by atoms with Crippen molar-refractivity contribution in [1.82, 2.24) is 0 Å². The summed E-state index contributed by atoms with van der Waals surface area (Å²) < 4.78 is 6.84. The molecule has 2 atom stereocenters. The topological polar surface area (TPSA) is 21.3 Å². The number of nitrogens with one attached hydrogen (secondary N) is 1. The lowest BCUT2D eigenvalue weighted by atomic mass is 9.92. The predicted molar refractivity (Wildman–Crippen MR) is 78.5 cm³/mol. The Balaban J connectivity index is 1.71. The molecule has 1 heterocycles. The van der Waals surface area contributed by atoms with E-state index in [0.29, 0.717) is 12.1 Å². The Labute approximate surface area is 112 Å². The zero-order valence-corrected chi connectivity index (χ0v) is 11.5. The highest BCUT2D eigenvalue weighted by Gasteiger charge is 2.21. The highest BCUT2D eigenvalue weighted by atomic mass is 32.1. The van der Waals surface area contributed by atoms with Gasteiger partial charge >= 0.3 is 0 Å². The Kier molecular flexibility index (Phi) is 3.52. The van der Waals surface area contributed by atoms with Crippen molar-refractivity contribution < 1.29 is 4.74 Å². The summed E-state index contributed by atoms with van der Waals surface area (Å²) in [6.07, 6.45) is 5.27. The lowest BCUT2D eigenvalue weighted by Crippen LogP contribution is -2.30. The number of benzene rings is 1. The SMILES string of the molecule is COC1CCCC(Nc2ccc3sccc3c2)C1. The van der Waals surface area contributed by atoms with Crippen LogP contribution in [0.2, 0.25) is 0 Å². The fraction of sp³-hybridized carbons (Fsp3) is 0.467. The maximum atomic E-state index is 5.48. The highest BCUT2D eigenvalue weighted by Crippen LogP contribution is 2.27. The van der Waals surface area contributed by atoms with Gasteiger partial charge < -0.3 is 10.1 Å². The van der Waals surface area contributed by atoms with E-state index in [1.165, 1.54) is 35.0 Å². The zero-order chi connectivity index (χ0) is 12.4. The second kappa shape index (κ2) is 5.29. The van der Waals surface area contributed by atoms with E-state index >= 15 is 0 Å². The largest absolute Gasteiger partial charge is 0.382 e. The minimum absolute atomic E-state index is 0.432. The molecule has 1 aromatic heterocycles. The predicted octanol–water partition coefficient (Wildman–Crippen LogP) is 4.27. The van der Waals surface area contributed by atoms with Crippen LogP contribution in [-0.2, 0) is 4.74 Å². The molecule has 2 unspecified atom stereocenters. The molecule has 0 spiro atoms. The second-order valence-corrected chi connectivity index (χ2v) is 5.99. The molecule has 18 heavy (non-hydrogen) atoms. The summed E-state index contributed by atoms with van der Waals surface area (Å²) in [5, 5.41) is 7.14. The van der Waals surface area contributed by atoms with Crippen molar-refractivity contribution in [3.8, 4) is 0 Å². The molecule has 3 rings (SSSR count). The molecule has 1 saturated carbocycles. The van der Waals surface area contributed by atoms with Gasteiger partial charge in [0, 0.05) is 23.5 Å². The van der Waals surface area contributed by atoms with Crippen LogP contribution in [-0.4, -0.2) is 19.3 Å². The van der Waals surface area contributed by atoms with Gasteiger partial charge in [-0.1, -0.05) is 0 Å². The Bertz CT molecular complexity index is 522. The first-order chi connectivity index (χ1) is 8.85. The van der Waals surface area contributed by atoms with Crippen molar-refractivity contribution in [2.24, 2.45) is 0 Å². The summed E-state index contributed by atoms with van der Waals surface area (Å²) in [6, 6.07) is 9.39. The Hall–Kier alpha value is -1.06. The van der Waals surface area contributed by atoms with Crippen LogP contribution in [0.4, 0.5) is 5.69 Å². The quantitative estimate of drug-likeness (QED) is 0.891. The van der Waals surface area contributed by atoms with Crippen LogP contribution >= 0.6 is 11.3 Å². The molecule has 0 amide bonds. The smallest absolute Gasteiger partial charge is 0.0590 e. The number of hydrogen-bond donors (Lipinski definition) is 1. The standard InChI is InChI=1S/C15H19NOS/c1-17-14-4-2-3-12(10-14)16-13-5-6-15-11(9-13)7-8-18-15/h5-9,12,14,16H,2-4,10H2,1H3. The van der Waals surface area contributed by atoms with Crippen LogP contribution in [0.3, 0.4) is 0 Å². The van der Waals surface area contributed by atoms with E-state index in [2.05, 4.69) is 35.0 Å². The average molecular weight is 261 g/mol. The first kappa shape index (κ1) is 12.0. The molecule has 3 heteroatoms. The van der Waals surface area contributed by atoms with Gasteiger partial charge in [-0.15, -0.1) is 11.3 Å². The van der Waals surface area contributed by atoms with Gasteiger partial charge in [-0.2, -0.15) is 0 Å². The van der Waals surface area contributed by atoms with E-state index in [1.807, 2.05) is 7.11 Å². The lowest BCUT2D eigenvalue weighted by molar-refractivity contribution is 0.0669. The molecule has 1 fully saturated rings. The summed E-state index contributed by atoms with van der Waals surface area (Å²) in [6.45, 7) is 0. The summed E-state index contributed by atoms with van der Waals surface area (Å²) in [5.41, 5.74) is 1.24. The number of hydrogen-bond acceptors (Lipinski definition) is 3. The maximum absolute atomic E-state index is 5.48. The van der Waals surface area contributed by atoms with Crippen LogP contribution in [0.15, 0.2) is 29.6 Å². The third-order valence-electron chi connectivity index (χ3n) is 3.78. The van der Waals surface area contributed by atoms with Crippen molar-refractivity contribution in [2.45, 2.75) is 37.8 Å². The molecule has 1 aliphatic rings. The van der Waals surface area contributed by atoms with E-state index in [4.69, 9.17) is 4.74 Å². The molecule has 1 aliphatic carbocycles. The van der Waals surface area contributed by atoms with Gasteiger partial charge in [-0.25, -0.2) is 0 Å². The molecule has 1 aromatic carbocycles. The fourth-order valence-corrected chi connectivity index (χ4v) is 3.55. The van der Waals surface area contributed by atoms with Gasteiger partial charge in [0.15, 0.2) is 0 Å². The molecule has 0 radical (unpaired) electrons. The van der Waals surface area contributed by atoms with Crippen LogP contribution in [0.1, 0.15) is 25.7 Å². The molecule has 0 saturated heterocycles. The van der Waals surface area contributed by atoms with Gasteiger partial charge in [0.05, 0.1) is 6.10 Å². The third-order valence-corrected chi connectivity index (χ3v) is 4.68. The second-order valence-electron chi connectivity index (χ2n) is 5.04. The number of fused-ring (bicyclic) bond motifs is 1. The minimum Gasteiger partial charge on any atom is -0.382 e. The van der Waals surface area contributed by atoms with Crippen molar-refractivity contribution in [3.05, 3.63) is 29.6 Å². The highest BCUT2D eigenvalue weighted by molar-refractivity contribution is 7.17. The van der Waals surface area contributed by atoms with E-state index in [0.717, 1.165) is 6.42 Å². The molecular weight excluding hydrogens is 242 g/mol. The van der Waals surface area contributed by atoms with Gasteiger partial charge in [-0.3, -0.25) is 0 Å². The first-order valence-corrected chi connectivity index (χ1v) is 7.50. The summed E-state index contributed by atoms with van der Waals surface area (Å²) in [7, 11) is 1.82. The van der Waals surface area contributed by atoms with Crippen molar-refractivity contribution >= 4 is 27.1 Å². The lowest BCUT2D eigenvalue weighted by Gasteiger charge is -2.29. The maximum Gasteiger partial charge on any atom is 0.0590 e. The minimum atomic E-state index is 0.432. The number of rotatable bonds is 3. The van der Waals surface area contributed by atoms with Crippen molar-refractivity contribution in [1.29, 1.82) is 0 Å². The third kappa shape index (κ3) is 2.52. The van der Waals surface area contributed by atoms with Crippen molar-refractivity contribution in [3.63, 3.8) is 0 Å². The number of thiophene rings is 1. The van der Waals surface area contributed by atoms with Crippen molar-refractivity contribution in [2.75, 3.05) is 12.4 Å². The number of methoxy groups -OCH3 is 1. The van der Waals surface area contributed by atoms with E-state index < -0.39 is 0 Å². The van der Waals surface area contributed by atoms with Crippen LogP contribution in [0.25, 0.3) is 10.1 Å². The molecular formula is C15H19NOS. The average Bonchev–Trinajstić information content (AvgIpc) is 2.86. The first-order valence-electron chi connectivity index (χ1n) is 6.62. The molecule has 2 nitrogen and oxygen atoms in total. The Morgan fingerprint density at radius 3 is 3.11 bits per heavy atom. The van der Waals surface area contributed by atoms with E-state index in [-0.39, 0.29) is 0 Å². The Morgan fingerprint density at radius 2 is 2.22 bits per heavy atom. The van der Waals surface area contributed by atoms with E-state index in [1.54, 1.807) is 11.3 Å². The summed E-state index contributed by atoms with van der Waals surface area (Å²) in [4.78, 5) is 0. The fourth-order valence-electron chi connectivity index (χ4n) is 2.78. The van der Waals surface area contributed by atoms with E-state index in [9.17, 15) is 0 Å². The van der Waals surface area contributed by atoms with Gasteiger partial charge in [0.25, 0.3) is 0 Å². The summed E-state index contributed by atoms with van der Waals surface area (Å²) in [5.74, 6) is 0. The monoisotopic (exact) mass is 261 g/mol. The number of ether oxygens (including phenoxy) is 1. The van der Waals surface area contributed by atoms with Crippen LogP contribution < -0.4 is 5.32 Å². The van der Waals surface area contributed by atoms with Gasteiger partial charge in [0.1, 0.15) is 0 Å². The molecule has 0 bridgehead atoms. The molecule has 1 N–H and O–H groups in total. The molecule has 96 valence electrons. The van der Waals surface area contributed by atoms with Crippen LogP contribution in [0, 0.1) is 0 Å². The zero-order valence-electron chi connectivity index (χ0n) is 10.7. The Morgan fingerprint density at radius 1 is 1.28 bits per heavy atom. The van der Waals surface area contributed by atoms with Gasteiger partial charge in [0.2, 0.25) is 0 Å². The molecule has 0 aliphatic heterocycles. The molecule has 2 aromatic rings. The van der Waals surface area contributed by atoms with Gasteiger partial charge in [-0.05, 0) is 60.7 Å². The number of anilines is 1.